The van der Waals surface area contributed by atoms with Crippen molar-refractivity contribution in [3.63, 3.8) is 0 Å². The zero-order valence-corrected chi connectivity index (χ0v) is 71.2. The molecule has 3 aliphatic heterocycles. The van der Waals surface area contributed by atoms with Gasteiger partial charge < -0.3 is 89.9 Å². The standard InChI is InChI=1S/C93H173NO18/c1-3-5-7-9-11-13-15-17-19-21-23-25-27-29-31-32-33-34-35-36-37-38-39-40-41-42-43-44-45-47-49-51-53-55-57-59-61-63-65-67-69-71-81(99)94-76(77(98)70-68-66-64-62-60-58-56-54-52-50-48-46-30-28-26-24-22-20-18-16-14-12-10-8-6-4-2)75-107-91-87(105)84(102)89(79(73-96)109-91)112-93-88(106)85(103)90(80(74-97)110-93)111-92-86(104)83(101)82(100)78(72-95)108-92/h21,23,52,54,60,62,68,70,76-80,82-93,95-98,100-106H,3-20,22,24-51,53,55-59,61,63-67,69,71-75H2,1-2H3,(H,94,99)/b23-21-,54-52+,62-60+,70-68+. The molecule has 19 heteroatoms. The topological polar surface area (TPSA) is 307 Å². The van der Waals surface area contributed by atoms with Gasteiger partial charge in [0.15, 0.2) is 18.9 Å². The average Bonchev–Trinajstić information content (AvgIpc) is 0.781. The van der Waals surface area contributed by atoms with Crippen LogP contribution in [0, 0.1) is 0 Å². The lowest BCUT2D eigenvalue weighted by molar-refractivity contribution is -0.379. The fourth-order valence-electron chi connectivity index (χ4n) is 15.9. The van der Waals surface area contributed by atoms with Crippen molar-refractivity contribution in [1.29, 1.82) is 0 Å². The van der Waals surface area contributed by atoms with Crippen LogP contribution in [0.3, 0.4) is 0 Å². The van der Waals surface area contributed by atoms with Crippen LogP contribution in [0.15, 0.2) is 48.6 Å². The van der Waals surface area contributed by atoms with E-state index >= 15 is 0 Å². The molecule has 658 valence electrons. The lowest BCUT2D eigenvalue weighted by Gasteiger charge is -2.48. The molecular weight excluding hydrogens is 1420 g/mol. The summed E-state index contributed by atoms with van der Waals surface area (Å²) >= 11 is 0. The number of hydrogen-bond acceptors (Lipinski definition) is 18. The molecule has 0 saturated carbocycles. The Bertz CT molecular complexity index is 2200. The number of nitrogens with one attached hydrogen (secondary N) is 1. The molecule has 0 spiro atoms. The van der Waals surface area contributed by atoms with Gasteiger partial charge in [-0.05, 0) is 70.6 Å². The van der Waals surface area contributed by atoms with Gasteiger partial charge >= 0.3 is 0 Å². The summed E-state index contributed by atoms with van der Waals surface area (Å²) in [6.45, 7) is 1.77. The summed E-state index contributed by atoms with van der Waals surface area (Å²) in [7, 11) is 0. The Labute approximate surface area is 682 Å². The van der Waals surface area contributed by atoms with Crippen LogP contribution in [0.4, 0.5) is 0 Å². The summed E-state index contributed by atoms with van der Waals surface area (Å²) in [6.07, 6.45) is 68.7. The molecule has 19 nitrogen and oxygen atoms in total. The third-order valence-corrected chi connectivity index (χ3v) is 23.3. The molecule has 3 rings (SSSR count). The third-order valence-electron chi connectivity index (χ3n) is 23.3. The van der Waals surface area contributed by atoms with E-state index in [0.29, 0.717) is 12.8 Å². The van der Waals surface area contributed by atoms with E-state index in [-0.39, 0.29) is 18.9 Å². The fraction of sp³-hybridized carbons (Fsp3) is 0.903. The molecule has 0 aromatic heterocycles. The Morgan fingerprint density at radius 2 is 0.571 bits per heavy atom. The molecule has 0 aromatic carbocycles. The number of allylic oxidation sites excluding steroid dienone is 7. The quantitative estimate of drug-likeness (QED) is 0.0199. The van der Waals surface area contributed by atoms with E-state index in [1.54, 1.807) is 6.08 Å². The average molecular weight is 1590 g/mol. The van der Waals surface area contributed by atoms with Crippen molar-refractivity contribution in [2.24, 2.45) is 0 Å². The van der Waals surface area contributed by atoms with E-state index in [2.05, 4.69) is 55.6 Å². The van der Waals surface area contributed by atoms with Crippen molar-refractivity contribution < 1.29 is 89.4 Å². The number of amides is 1. The van der Waals surface area contributed by atoms with Crippen molar-refractivity contribution >= 4 is 5.91 Å². The molecule has 1 amide bonds. The molecule has 0 radical (unpaired) electrons. The Morgan fingerprint density at radius 1 is 0.312 bits per heavy atom. The monoisotopic (exact) mass is 1590 g/mol. The minimum atomic E-state index is -1.98. The van der Waals surface area contributed by atoms with Gasteiger partial charge in [-0.15, -0.1) is 0 Å². The number of rotatable bonds is 77. The molecule has 3 saturated heterocycles. The maximum Gasteiger partial charge on any atom is 0.220 e. The van der Waals surface area contributed by atoms with Gasteiger partial charge in [-0.1, -0.05) is 377 Å². The second kappa shape index (κ2) is 72.7. The number of aliphatic hydroxyl groups is 11. The number of carbonyl (C=O) groups is 1. The Balaban J connectivity index is 1.30. The number of carbonyl (C=O) groups excluding carboxylic acids is 1. The van der Waals surface area contributed by atoms with Crippen molar-refractivity contribution in [3.05, 3.63) is 48.6 Å². The minimum Gasteiger partial charge on any atom is -0.394 e. The van der Waals surface area contributed by atoms with E-state index in [9.17, 15) is 61.0 Å². The molecule has 17 atom stereocenters. The largest absolute Gasteiger partial charge is 0.394 e. The molecular formula is C93H173NO18. The first-order valence-electron chi connectivity index (χ1n) is 46.9. The van der Waals surface area contributed by atoms with Gasteiger partial charge in [0.1, 0.15) is 73.2 Å². The minimum absolute atomic E-state index is 0.236. The van der Waals surface area contributed by atoms with Crippen LogP contribution in [0.5, 0.6) is 0 Å². The van der Waals surface area contributed by atoms with Gasteiger partial charge in [0.25, 0.3) is 0 Å². The van der Waals surface area contributed by atoms with Crippen LogP contribution in [0.25, 0.3) is 0 Å². The lowest BCUT2D eigenvalue weighted by atomic mass is 9.96. The third kappa shape index (κ3) is 50.6. The molecule has 0 aliphatic carbocycles. The highest BCUT2D eigenvalue weighted by Gasteiger charge is 2.54. The van der Waals surface area contributed by atoms with Crippen molar-refractivity contribution in [2.75, 3.05) is 26.4 Å². The SMILES string of the molecule is CCCCCCCCCC/C=C\CCCCCCCCCCCCCCCCCCCCCCCCCCCCCCCC(=O)NC(COC1OC(CO)C(OC2OC(CO)C(OC3OC(CO)C(O)C(O)C3O)C(O)C2O)C(O)C1O)C(O)/C=C/CC/C=C/CC/C=C/CCCCCCCCCCCCCCCCCC. The Morgan fingerprint density at radius 3 is 0.893 bits per heavy atom. The van der Waals surface area contributed by atoms with Crippen LogP contribution < -0.4 is 5.32 Å². The number of hydrogen-bond donors (Lipinski definition) is 12. The van der Waals surface area contributed by atoms with Crippen molar-refractivity contribution in [2.45, 2.75) is 510 Å². The fourth-order valence-corrected chi connectivity index (χ4v) is 15.9. The first-order valence-corrected chi connectivity index (χ1v) is 46.9. The van der Waals surface area contributed by atoms with E-state index in [0.717, 1.165) is 44.9 Å². The molecule has 12 N–H and O–H groups in total. The smallest absolute Gasteiger partial charge is 0.220 e. The number of aliphatic hydroxyl groups excluding tert-OH is 11. The lowest BCUT2D eigenvalue weighted by Crippen LogP contribution is -2.66. The van der Waals surface area contributed by atoms with Gasteiger partial charge in [0, 0.05) is 6.42 Å². The summed E-state index contributed by atoms with van der Waals surface area (Å²) < 4.78 is 34.5. The summed E-state index contributed by atoms with van der Waals surface area (Å²) in [5, 5.41) is 121. The van der Waals surface area contributed by atoms with Crippen LogP contribution >= 0.6 is 0 Å². The van der Waals surface area contributed by atoms with Crippen molar-refractivity contribution in [3.8, 4) is 0 Å². The highest BCUT2D eigenvalue weighted by molar-refractivity contribution is 5.76. The normalized spacial score (nSPS) is 25.1. The van der Waals surface area contributed by atoms with Crippen LogP contribution in [-0.4, -0.2) is 193 Å². The van der Waals surface area contributed by atoms with Gasteiger partial charge in [-0.3, -0.25) is 4.79 Å². The number of ether oxygens (including phenoxy) is 6. The number of unbranched alkanes of at least 4 members (excludes halogenated alkanes) is 55. The van der Waals surface area contributed by atoms with Gasteiger partial charge in [0.2, 0.25) is 5.91 Å². The maximum atomic E-state index is 13.5. The van der Waals surface area contributed by atoms with E-state index in [1.807, 2.05) is 6.08 Å². The van der Waals surface area contributed by atoms with E-state index in [1.165, 1.54) is 327 Å². The molecule has 17 unspecified atom stereocenters. The Kier molecular flexibility index (Phi) is 67.5. The highest BCUT2D eigenvalue weighted by atomic mass is 16.8. The first kappa shape index (κ1) is 104. The maximum absolute atomic E-state index is 13.5. The van der Waals surface area contributed by atoms with Gasteiger partial charge in [-0.2, -0.15) is 0 Å². The second-order valence-corrected chi connectivity index (χ2v) is 33.5. The molecule has 3 heterocycles. The predicted octanol–water partition coefficient (Wildman–Crippen LogP) is 18.4. The van der Waals surface area contributed by atoms with Gasteiger partial charge in [-0.25, -0.2) is 0 Å². The molecule has 3 fully saturated rings. The Hall–Kier alpha value is -2.25. The van der Waals surface area contributed by atoms with E-state index < -0.39 is 124 Å². The zero-order valence-electron chi connectivity index (χ0n) is 71.2. The second-order valence-electron chi connectivity index (χ2n) is 33.5. The van der Waals surface area contributed by atoms with Crippen LogP contribution in [-0.2, 0) is 33.2 Å². The first-order chi connectivity index (χ1) is 54.8. The zero-order chi connectivity index (χ0) is 81.0. The molecule has 3 aliphatic rings. The van der Waals surface area contributed by atoms with Crippen LogP contribution in [0.1, 0.15) is 406 Å². The molecule has 112 heavy (non-hydrogen) atoms. The predicted molar refractivity (Wildman–Crippen MR) is 452 cm³/mol. The van der Waals surface area contributed by atoms with E-state index in [4.69, 9.17) is 28.4 Å². The van der Waals surface area contributed by atoms with Gasteiger partial charge in [0.05, 0.1) is 38.6 Å². The summed E-state index contributed by atoms with van der Waals surface area (Å²) in [6, 6.07) is -0.998. The highest BCUT2D eigenvalue weighted by Crippen LogP contribution is 2.34. The molecule has 0 aromatic rings. The molecule has 0 bridgehead atoms. The van der Waals surface area contributed by atoms with Crippen molar-refractivity contribution in [1.82, 2.24) is 5.32 Å². The summed E-state index contributed by atoms with van der Waals surface area (Å²) in [4.78, 5) is 13.5. The van der Waals surface area contributed by atoms with Crippen LogP contribution in [0.2, 0.25) is 0 Å². The summed E-state index contributed by atoms with van der Waals surface area (Å²) in [5.41, 5.74) is 0. The summed E-state index contributed by atoms with van der Waals surface area (Å²) in [5.74, 6) is -0.282.